The van der Waals surface area contributed by atoms with Crippen molar-refractivity contribution in [3.05, 3.63) is 6.33 Å². The van der Waals surface area contributed by atoms with Gasteiger partial charge < -0.3 is 16.0 Å². The summed E-state index contributed by atoms with van der Waals surface area (Å²) in [5.41, 5.74) is 5.37. The van der Waals surface area contributed by atoms with Gasteiger partial charge in [-0.2, -0.15) is 0 Å². The van der Waals surface area contributed by atoms with Gasteiger partial charge in [-0.3, -0.25) is 9.59 Å². The molecule has 1 aliphatic rings. The average Bonchev–Trinajstić information content (AvgIpc) is 2.87. The number of nitrogens with zero attached hydrogens (tertiary/aromatic N) is 4. The number of nitrogens with one attached hydrogen (secondary N) is 1. The van der Waals surface area contributed by atoms with E-state index in [0.717, 1.165) is 6.42 Å². The number of carbonyl (C=O) groups excluding carboxylic acids is 2. The van der Waals surface area contributed by atoms with Crippen LogP contribution in [-0.4, -0.2) is 50.6 Å². The third kappa shape index (κ3) is 2.96. The highest BCUT2D eigenvalue weighted by Crippen LogP contribution is 2.10. The summed E-state index contributed by atoms with van der Waals surface area (Å²) in [5.74, 6) is 0.0337. The highest BCUT2D eigenvalue weighted by molar-refractivity contribution is 5.77. The molecule has 2 heterocycles. The molecule has 0 radical (unpaired) electrons. The molecule has 1 atom stereocenters. The monoisotopic (exact) mass is 252 g/mol. The normalized spacial score (nSPS) is 18.9. The molecule has 18 heavy (non-hydrogen) atoms. The minimum atomic E-state index is -0.0710. The van der Waals surface area contributed by atoms with Crippen molar-refractivity contribution in [3.63, 3.8) is 0 Å². The van der Waals surface area contributed by atoms with E-state index in [1.54, 1.807) is 4.90 Å². The maximum Gasteiger partial charge on any atom is 0.244 e. The second kappa shape index (κ2) is 5.03. The standard InChI is InChI=1S/C10H16N6O2/c1-7(17)13-8-2-3-15(4-8)9(18)5-16-6-12-10(11)14-16/h6,8H,2-5H2,1H3,(H2,11,14)(H,13,17). The van der Waals surface area contributed by atoms with Crippen molar-refractivity contribution in [3.8, 4) is 0 Å². The molecule has 0 saturated carbocycles. The van der Waals surface area contributed by atoms with Crippen LogP contribution in [0.1, 0.15) is 13.3 Å². The van der Waals surface area contributed by atoms with Gasteiger partial charge in [-0.25, -0.2) is 9.67 Å². The van der Waals surface area contributed by atoms with Crippen LogP contribution in [0.4, 0.5) is 5.95 Å². The largest absolute Gasteiger partial charge is 0.367 e. The predicted molar refractivity (Wildman–Crippen MR) is 63.2 cm³/mol. The first-order valence-corrected chi connectivity index (χ1v) is 5.74. The van der Waals surface area contributed by atoms with E-state index in [1.807, 2.05) is 0 Å². The van der Waals surface area contributed by atoms with Crippen LogP contribution in [0.15, 0.2) is 6.33 Å². The van der Waals surface area contributed by atoms with Gasteiger partial charge >= 0.3 is 0 Å². The van der Waals surface area contributed by atoms with Crippen molar-refractivity contribution in [1.29, 1.82) is 0 Å². The molecule has 2 rings (SSSR count). The van der Waals surface area contributed by atoms with E-state index in [1.165, 1.54) is 17.9 Å². The quantitative estimate of drug-likeness (QED) is 0.688. The fraction of sp³-hybridized carbons (Fsp3) is 0.600. The molecule has 1 fully saturated rings. The zero-order valence-electron chi connectivity index (χ0n) is 10.2. The molecule has 98 valence electrons. The number of hydrogen-bond acceptors (Lipinski definition) is 5. The molecular weight excluding hydrogens is 236 g/mol. The first-order chi connectivity index (χ1) is 8.54. The van der Waals surface area contributed by atoms with Gasteiger partial charge in [-0.05, 0) is 6.42 Å². The molecule has 0 aliphatic carbocycles. The lowest BCUT2D eigenvalue weighted by molar-refractivity contribution is -0.131. The second-order valence-electron chi connectivity index (χ2n) is 4.33. The van der Waals surface area contributed by atoms with Gasteiger partial charge in [0.25, 0.3) is 0 Å². The first kappa shape index (κ1) is 12.3. The van der Waals surface area contributed by atoms with Crippen LogP contribution in [0.5, 0.6) is 0 Å². The van der Waals surface area contributed by atoms with E-state index in [-0.39, 0.29) is 30.3 Å². The molecule has 8 nitrogen and oxygen atoms in total. The Bertz CT molecular complexity index is 457. The fourth-order valence-electron chi connectivity index (χ4n) is 2.02. The Balaban J connectivity index is 1.85. The molecule has 1 unspecified atom stereocenters. The SMILES string of the molecule is CC(=O)NC1CCN(C(=O)Cn2cnc(N)n2)C1. The second-order valence-corrected chi connectivity index (χ2v) is 4.33. The number of anilines is 1. The summed E-state index contributed by atoms with van der Waals surface area (Å²) in [6, 6.07) is 0.0484. The van der Waals surface area contributed by atoms with Crippen LogP contribution in [0.25, 0.3) is 0 Å². The van der Waals surface area contributed by atoms with Crippen molar-refractivity contribution in [2.45, 2.75) is 25.9 Å². The number of amides is 2. The number of likely N-dealkylation sites (tertiary alicyclic amines) is 1. The molecule has 1 aliphatic heterocycles. The molecule has 3 N–H and O–H groups in total. The lowest BCUT2D eigenvalue weighted by atomic mass is 10.3. The van der Waals surface area contributed by atoms with Crippen molar-refractivity contribution in [2.75, 3.05) is 18.8 Å². The third-order valence-electron chi connectivity index (χ3n) is 2.80. The predicted octanol–water partition coefficient (Wildman–Crippen LogP) is -1.40. The van der Waals surface area contributed by atoms with E-state index in [4.69, 9.17) is 5.73 Å². The van der Waals surface area contributed by atoms with Crippen LogP contribution >= 0.6 is 0 Å². The molecule has 1 aromatic rings. The zero-order chi connectivity index (χ0) is 13.1. The van der Waals surface area contributed by atoms with Gasteiger partial charge in [0.1, 0.15) is 12.9 Å². The molecule has 1 aromatic heterocycles. The number of carbonyl (C=O) groups is 2. The number of nitrogens with two attached hydrogens (primary N) is 1. The maximum atomic E-state index is 11.9. The molecule has 2 amide bonds. The minimum Gasteiger partial charge on any atom is -0.367 e. The van der Waals surface area contributed by atoms with E-state index in [0.29, 0.717) is 13.1 Å². The molecule has 0 aromatic carbocycles. The topological polar surface area (TPSA) is 106 Å². The summed E-state index contributed by atoms with van der Waals surface area (Å²) < 4.78 is 1.41. The van der Waals surface area contributed by atoms with Crippen LogP contribution in [0, 0.1) is 0 Å². The summed E-state index contributed by atoms with van der Waals surface area (Å²) >= 11 is 0. The van der Waals surface area contributed by atoms with E-state index < -0.39 is 0 Å². The average molecular weight is 252 g/mol. The van der Waals surface area contributed by atoms with E-state index in [9.17, 15) is 9.59 Å². The van der Waals surface area contributed by atoms with Crippen molar-refractivity contribution in [1.82, 2.24) is 25.0 Å². The lowest BCUT2D eigenvalue weighted by Crippen LogP contribution is -2.38. The van der Waals surface area contributed by atoms with Crippen molar-refractivity contribution >= 4 is 17.8 Å². The van der Waals surface area contributed by atoms with Gasteiger partial charge in [0.15, 0.2) is 0 Å². The number of hydrogen-bond donors (Lipinski definition) is 2. The summed E-state index contributed by atoms with van der Waals surface area (Å²) in [6.07, 6.45) is 2.21. The van der Waals surface area contributed by atoms with Gasteiger partial charge in [-0.1, -0.05) is 0 Å². The summed E-state index contributed by atoms with van der Waals surface area (Å²) in [5, 5.41) is 6.66. The highest BCUT2D eigenvalue weighted by Gasteiger charge is 2.26. The molecular formula is C10H16N6O2. The minimum absolute atomic E-state index is 0.0484. The van der Waals surface area contributed by atoms with E-state index >= 15 is 0 Å². The third-order valence-corrected chi connectivity index (χ3v) is 2.80. The van der Waals surface area contributed by atoms with Crippen LogP contribution in [0.2, 0.25) is 0 Å². The molecule has 0 bridgehead atoms. The number of nitrogen functional groups attached to an aromatic ring is 1. The Labute approximate surface area is 104 Å². The Morgan fingerprint density at radius 2 is 2.39 bits per heavy atom. The van der Waals surface area contributed by atoms with Gasteiger partial charge in [0, 0.05) is 26.1 Å². The first-order valence-electron chi connectivity index (χ1n) is 5.74. The van der Waals surface area contributed by atoms with Gasteiger partial charge in [0.2, 0.25) is 17.8 Å². The summed E-state index contributed by atoms with van der Waals surface area (Å²) in [7, 11) is 0. The summed E-state index contributed by atoms with van der Waals surface area (Å²) in [6.45, 7) is 2.79. The molecule has 8 heteroatoms. The lowest BCUT2D eigenvalue weighted by Gasteiger charge is -2.16. The van der Waals surface area contributed by atoms with Gasteiger partial charge in [-0.15, -0.1) is 5.10 Å². The Hall–Kier alpha value is -2.12. The van der Waals surface area contributed by atoms with Crippen molar-refractivity contribution in [2.24, 2.45) is 0 Å². The van der Waals surface area contributed by atoms with E-state index in [2.05, 4.69) is 15.4 Å². The Kier molecular flexibility index (Phi) is 3.45. The summed E-state index contributed by atoms with van der Waals surface area (Å²) in [4.78, 5) is 28.3. The van der Waals surface area contributed by atoms with Crippen LogP contribution < -0.4 is 11.1 Å². The van der Waals surface area contributed by atoms with Crippen LogP contribution in [-0.2, 0) is 16.1 Å². The zero-order valence-corrected chi connectivity index (χ0v) is 10.2. The maximum absolute atomic E-state index is 11.9. The fourth-order valence-corrected chi connectivity index (χ4v) is 2.02. The molecule has 0 spiro atoms. The van der Waals surface area contributed by atoms with Crippen molar-refractivity contribution < 1.29 is 9.59 Å². The smallest absolute Gasteiger partial charge is 0.244 e. The highest BCUT2D eigenvalue weighted by atomic mass is 16.2. The van der Waals surface area contributed by atoms with Gasteiger partial charge in [0.05, 0.1) is 0 Å². The Morgan fingerprint density at radius 1 is 1.61 bits per heavy atom. The van der Waals surface area contributed by atoms with Crippen LogP contribution in [0.3, 0.4) is 0 Å². The number of rotatable bonds is 3. The molecule has 1 saturated heterocycles. The Morgan fingerprint density at radius 3 is 3.00 bits per heavy atom. The number of aromatic nitrogens is 3.